The fraction of sp³-hybridized carbons (Fsp3) is 0.231. The van der Waals surface area contributed by atoms with Gasteiger partial charge in [0.15, 0.2) is 0 Å². The molecule has 0 saturated heterocycles. The quantitative estimate of drug-likeness (QED) is 0.726. The third-order valence-electron chi connectivity index (χ3n) is 3.22. The Labute approximate surface area is 124 Å². The summed E-state index contributed by atoms with van der Waals surface area (Å²) in [6.45, 7) is 4.34. The summed E-state index contributed by atoms with van der Waals surface area (Å²) in [4.78, 5) is 29.1. The van der Waals surface area contributed by atoms with Crippen molar-refractivity contribution in [2.75, 3.05) is 5.32 Å². The Hall–Kier alpha value is -3.10. The van der Waals surface area contributed by atoms with E-state index in [-0.39, 0.29) is 16.9 Å². The average Bonchev–Trinajstić information content (AvgIpc) is 3.00. The maximum atomic E-state index is 12.5. The summed E-state index contributed by atoms with van der Waals surface area (Å²) in [5.74, 6) is -0.578. The van der Waals surface area contributed by atoms with Gasteiger partial charge in [0.2, 0.25) is 5.43 Å². The van der Waals surface area contributed by atoms with Gasteiger partial charge in [-0.3, -0.25) is 14.9 Å². The van der Waals surface area contributed by atoms with E-state index < -0.39 is 5.91 Å². The first-order valence-electron chi connectivity index (χ1n) is 6.65. The van der Waals surface area contributed by atoms with Gasteiger partial charge in [0, 0.05) is 18.4 Å². The van der Waals surface area contributed by atoms with E-state index in [1.54, 1.807) is 16.7 Å². The second-order valence-electron chi connectivity index (χ2n) is 4.67. The van der Waals surface area contributed by atoms with Gasteiger partial charge in [-0.05, 0) is 31.2 Å². The van der Waals surface area contributed by atoms with Gasteiger partial charge >= 0.3 is 0 Å². The fourth-order valence-electron chi connectivity index (χ4n) is 2.15. The first kappa shape index (κ1) is 13.9. The van der Waals surface area contributed by atoms with Crippen molar-refractivity contribution in [3.63, 3.8) is 0 Å². The molecule has 9 nitrogen and oxygen atoms in total. The van der Waals surface area contributed by atoms with E-state index in [9.17, 15) is 9.59 Å². The number of H-pyrrole nitrogens is 1. The standard InChI is InChI=1S/C13H13N7O2/c1-3-20-6-9(12(22)15-13-16-18-19-17-13)10(21)8-5-4-7(2)14-11(8)20/h4-6H,3H2,1-2H3,(H2,15,16,17,18,19,22). The summed E-state index contributed by atoms with van der Waals surface area (Å²) in [6, 6.07) is 3.42. The van der Waals surface area contributed by atoms with Crippen molar-refractivity contribution in [3.05, 3.63) is 39.8 Å². The SMILES string of the molecule is CCn1cc(C(=O)Nc2nn[nH]n2)c(=O)c2ccc(C)nc21. The van der Waals surface area contributed by atoms with Crippen molar-refractivity contribution >= 4 is 22.9 Å². The monoisotopic (exact) mass is 299 g/mol. The van der Waals surface area contributed by atoms with Crippen molar-refractivity contribution < 1.29 is 4.79 Å². The molecule has 0 bridgehead atoms. The topological polar surface area (TPSA) is 118 Å². The predicted octanol–water partition coefficient (Wildman–Crippen LogP) is 0.490. The van der Waals surface area contributed by atoms with Crippen LogP contribution in [-0.4, -0.2) is 36.1 Å². The zero-order valence-electron chi connectivity index (χ0n) is 12.0. The van der Waals surface area contributed by atoms with Crippen molar-refractivity contribution in [3.8, 4) is 0 Å². The normalized spacial score (nSPS) is 10.8. The highest BCUT2D eigenvalue weighted by Gasteiger charge is 2.17. The van der Waals surface area contributed by atoms with Crippen LogP contribution >= 0.6 is 0 Å². The van der Waals surface area contributed by atoms with E-state index in [4.69, 9.17) is 0 Å². The molecule has 0 saturated carbocycles. The molecular formula is C13H13N7O2. The maximum Gasteiger partial charge on any atom is 0.270 e. The Morgan fingerprint density at radius 1 is 1.41 bits per heavy atom. The molecule has 3 aromatic heterocycles. The molecule has 9 heteroatoms. The van der Waals surface area contributed by atoms with Crippen LogP contribution in [0.4, 0.5) is 5.95 Å². The number of aromatic nitrogens is 6. The lowest BCUT2D eigenvalue weighted by Crippen LogP contribution is -2.24. The lowest BCUT2D eigenvalue weighted by atomic mass is 10.1. The van der Waals surface area contributed by atoms with E-state index in [1.807, 2.05) is 13.8 Å². The summed E-state index contributed by atoms with van der Waals surface area (Å²) in [7, 11) is 0. The summed E-state index contributed by atoms with van der Waals surface area (Å²) in [5.41, 5.74) is 0.986. The molecule has 1 amide bonds. The van der Waals surface area contributed by atoms with E-state index >= 15 is 0 Å². The first-order chi connectivity index (χ1) is 10.6. The number of carbonyl (C=O) groups is 1. The third kappa shape index (κ3) is 2.32. The van der Waals surface area contributed by atoms with Crippen LogP contribution in [0, 0.1) is 6.92 Å². The minimum Gasteiger partial charge on any atom is -0.332 e. The molecule has 0 radical (unpaired) electrons. The van der Waals surface area contributed by atoms with E-state index in [1.165, 1.54) is 6.20 Å². The minimum absolute atomic E-state index is 0.00445. The molecule has 2 N–H and O–H groups in total. The van der Waals surface area contributed by atoms with Gasteiger partial charge in [0.1, 0.15) is 11.2 Å². The number of pyridine rings is 2. The summed E-state index contributed by atoms with van der Waals surface area (Å²) >= 11 is 0. The number of tetrazole rings is 1. The lowest BCUT2D eigenvalue weighted by molar-refractivity contribution is 0.102. The van der Waals surface area contributed by atoms with Gasteiger partial charge in [-0.2, -0.15) is 5.21 Å². The molecule has 3 aromatic rings. The van der Waals surface area contributed by atoms with Crippen LogP contribution in [0.5, 0.6) is 0 Å². The number of nitrogens with zero attached hydrogens (tertiary/aromatic N) is 5. The minimum atomic E-state index is -0.587. The molecule has 3 heterocycles. The highest BCUT2D eigenvalue weighted by molar-refractivity contribution is 6.04. The third-order valence-corrected chi connectivity index (χ3v) is 3.22. The second-order valence-corrected chi connectivity index (χ2v) is 4.67. The van der Waals surface area contributed by atoms with Crippen LogP contribution < -0.4 is 10.7 Å². The predicted molar refractivity (Wildman–Crippen MR) is 78.5 cm³/mol. The highest BCUT2D eigenvalue weighted by atomic mass is 16.2. The molecule has 3 rings (SSSR count). The Bertz CT molecular complexity index is 899. The number of hydrogen-bond donors (Lipinski definition) is 2. The van der Waals surface area contributed by atoms with Crippen LogP contribution in [0.1, 0.15) is 23.0 Å². The molecule has 0 spiro atoms. The Morgan fingerprint density at radius 2 is 2.23 bits per heavy atom. The lowest BCUT2D eigenvalue weighted by Gasteiger charge is -2.10. The smallest absolute Gasteiger partial charge is 0.270 e. The summed E-state index contributed by atoms with van der Waals surface area (Å²) in [5, 5.41) is 15.6. The Morgan fingerprint density at radius 3 is 2.91 bits per heavy atom. The van der Waals surface area contributed by atoms with E-state index in [2.05, 4.69) is 30.9 Å². The molecule has 22 heavy (non-hydrogen) atoms. The highest BCUT2D eigenvalue weighted by Crippen LogP contribution is 2.11. The Kier molecular flexibility index (Phi) is 3.37. The molecule has 0 aliphatic heterocycles. The fourth-order valence-corrected chi connectivity index (χ4v) is 2.15. The number of carbonyl (C=O) groups excluding carboxylic acids is 1. The van der Waals surface area contributed by atoms with Crippen LogP contribution in [0.2, 0.25) is 0 Å². The number of anilines is 1. The van der Waals surface area contributed by atoms with Gasteiger partial charge in [-0.25, -0.2) is 4.98 Å². The number of fused-ring (bicyclic) bond motifs is 1. The number of amides is 1. The largest absolute Gasteiger partial charge is 0.332 e. The molecule has 0 unspecified atom stereocenters. The van der Waals surface area contributed by atoms with Crippen LogP contribution in [0.3, 0.4) is 0 Å². The molecule has 0 fully saturated rings. The maximum absolute atomic E-state index is 12.5. The van der Waals surface area contributed by atoms with Crippen LogP contribution in [0.25, 0.3) is 11.0 Å². The van der Waals surface area contributed by atoms with Gasteiger partial charge < -0.3 is 4.57 Å². The first-order valence-corrected chi connectivity index (χ1v) is 6.65. The van der Waals surface area contributed by atoms with Gasteiger partial charge in [0.05, 0.1) is 5.39 Å². The number of hydrogen-bond acceptors (Lipinski definition) is 6. The van der Waals surface area contributed by atoms with Crippen molar-refractivity contribution in [1.82, 2.24) is 30.2 Å². The van der Waals surface area contributed by atoms with Crippen LogP contribution in [0.15, 0.2) is 23.1 Å². The number of aryl methyl sites for hydroxylation is 2. The average molecular weight is 299 g/mol. The molecule has 112 valence electrons. The van der Waals surface area contributed by atoms with Crippen molar-refractivity contribution in [2.24, 2.45) is 0 Å². The Balaban J connectivity index is 2.14. The van der Waals surface area contributed by atoms with Gasteiger partial charge in [0.25, 0.3) is 11.9 Å². The molecule has 0 atom stereocenters. The second kappa shape index (κ2) is 5.35. The summed E-state index contributed by atoms with van der Waals surface area (Å²) < 4.78 is 1.76. The zero-order chi connectivity index (χ0) is 15.7. The molecule has 0 aliphatic rings. The van der Waals surface area contributed by atoms with Crippen molar-refractivity contribution in [1.29, 1.82) is 0 Å². The van der Waals surface area contributed by atoms with Gasteiger partial charge in [-0.15, -0.1) is 5.10 Å². The summed E-state index contributed by atoms with van der Waals surface area (Å²) in [6.07, 6.45) is 1.49. The van der Waals surface area contributed by atoms with Crippen molar-refractivity contribution in [2.45, 2.75) is 20.4 Å². The number of aromatic amines is 1. The molecular weight excluding hydrogens is 286 g/mol. The number of rotatable bonds is 3. The van der Waals surface area contributed by atoms with E-state index in [0.29, 0.717) is 17.6 Å². The molecule has 0 aliphatic carbocycles. The number of nitrogens with one attached hydrogen (secondary N) is 2. The van der Waals surface area contributed by atoms with E-state index in [0.717, 1.165) is 5.69 Å². The molecule has 0 aromatic carbocycles. The van der Waals surface area contributed by atoms with Crippen LogP contribution in [-0.2, 0) is 6.54 Å². The van der Waals surface area contributed by atoms with Gasteiger partial charge in [-0.1, -0.05) is 5.10 Å². The zero-order valence-corrected chi connectivity index (χ0v) is 12.0.